The zero-order valence-corrected chi connectivity index (χ0v) is 14.8. The lowest BCUT2D eigenvalue weighted by atomic mass is 9.87. The number of rotatable bonds is 6. The van der Waals surface area contributed by atoms with E-state index >= 15 is 0 Å². The number of carbonyl (C=O) groups excluding carboxylic acids is 1. The molecule has 2 aromatic carbocycles. The van der Waals surface area contributed by atoms with Crippen molar-refractivity contribution in [2.24, 2.45) is 5.41 Å². The van der Waals surface area contributed by atoms with Gasteiger partial charge in [-0.3, -0.25) is 4.79 Å². The van der Waals surface area contributed by atoms with Crippen LogP contribution in [0.2, 0.25) is 0 Å². The SMILES string of the molecule is N#CC1(C(=O)Nc2ccc(OC(F)F)c(Cc3ccccc3)c2)CCCC1. The van der Waals surface area contributed by atoms with Crippen LogP contribution in [0.5, 0.6) is 5.75 Å². The standard InChI is InChI=1S/C21H20F2N2O2/c22-20(23)27-18-9-8-17(13-16(18)12-15-6-2-1-3-7-15)25-19(26)21(14-24)10-4-5-11-21/h1-3,6-9,13,20H,4-5,10-12H2,(H,25,26). The highest BCUT2D eigenvalue weighted by molar-refractivity contribution is 5.97. The van der Waals surface area contributed by atoms with Gasteiger partial charge in [-0.05, 0) is 36.6 Å². The van der Waals surface area contributed by atoms with Crippen molar-refractivity contribution in [2.45, 2.75) is 38.7 Å². The molecule has 1 aliphatic carbocycles. The predicted octanol–water partition coefficient (Wildman–Crippen LogP) is 4.90. The second-order valence-electron chi connectivity index (χ2n) is 6.72. The number of alkyl halides is 2. The van der Waals surface area contributed by atoms with E-state index in [1.165, 1.54) is 12.1 Å². The first-order valence-electron chi connectivity index (χ1n) is 8.87. The number of halogens is 2. The molecule has 0 heterocycles. The zero-order chi connectivity index (χ0) is 19.3. The molecule has 0 aliphatic heterocycles. The van der Waals surface area contributed by atoms with Gasteiger partial charge in [0.15, 0.2) is 0 Å². The van der Waals surface area contributed by atoms with Crippen LogP contribution in [0.25, 0.3) is 0 Å². The maximum atomic E-state index is 12.7. The average Bonchev–Trinajstić information content (AvgIpc) is 3.15. The summed E-state index contributed by atoms with van der Waals surface area (Å²) in [5, 5.41) is 12.2. The molecule has 0 bridgehead atoms. The first-order valence-corrected chi connectivity index (χ1v) is 8.87. The number of nitrogens with zero attached hydrogens (tertiary/aromatic N) is 1. The minimum atomic E-state index is -2.93. The number of hydrogen-bond donors (Lipinski definition) is 1. The Morgan fingerprint density at radius 1 is 1.19 bits per heavy atom. The van der Waals surface area contributed by atoms with Crippen molar-refractivity contribution >= 4 is 11.6 Å². The fourth-order valence-electron chi connectivity index (χ4n) is 3.44. The van der Waals surface area contributed by atoms with E-state index in [1.54, 1.807) is 6.07 Å². The molecule has 3 rings (SSSR count). The number of benzene rings is 2. The van der Waals surface area contributed by atoms with Crippen LogP contribution < -0.4 is 10.1 Å². The van der Waals surface area contributed by atoms with Crippen LogP contribution in [-0.4, -0.2) is 12.5 Å². The van der Waals surface area contributed by atoms with Crippen molar-refractivity contribution in [3.05, 3.63) is 59.7 Å². The van der Waals surface area contributed by atoms with Crippen LogP contribution in [-0.2, 0) is 11.2 Å². The summed E-state index contributed by atoms with van der Waals surface area (Å²) in [6.07, 6.45) is 3.16. The van der Waals surface area contributed by atoms with Gasteiger partial charge in [0.25, 0.3) is 0 Å². The number of nitrogens with one attached hydrogen (secondary N) is 1. The molecule has 1 aliphatic rings. The number of amides is 1. The first kappa shape index (κ1) is 18.8. The van der Waals surface area contributed by atoms with Crippen LogP contribution in [0.1, 0.15) is 36.8 Å². The Balaban J connectivity index is 1.85. The molecule has 1 amide bonds. The Hall–Kier alpha value is -2.94. The van der Waals surface area contributed by atoms with E-state index in [4.69, 9.17) is 0 Å². The van der Waals surface area contributed by atoms with Gasteiger partial charge in [-0.25, -0.2) is 0 Å². The third-order valence-corrected chi connectivity index (χ3v) is 4.88. The topological polar surface area (TPSA) is 62.1 Å². The molecule has 0 radical (unpaired) electrons. The third kappa shape index (κ3) is 4.43. The lowest BCUT2D eigenvalue weighted by Gasteiger charge is -2.20. The largest absolute Gasteiger partial charge is 0.435 e. The van der Waals surface area contributed by atoms with Crippen LogP contribution in [0.15, 0.2) is 48.5 Å². The molecule has 0 unspecified atom stereocenters. The van der Waals surface area contributed by atoms with Crippen molar-refractivity contribution in [3.8, 4) is 11.8 Å². The highest BCUT2D eigenvalue weighted by atomic mass is 19.3. The van der Waals surface area contributed by atoms with Crippen LogP contribution in [0, 0.1) is 16.7 Å². The van der Waals surface area contributed by atoms with E-state index in [0.29, 0.717) is 30.5 Å². The monoisotopic (exact) mass is 370 g/mol. The van der Waals surface area contributed by atoms with Gasteiger partial charge in [0.1, 0.15) is 11.2 Å². The summed E-state index contributed by atoms with van der Waals surface area (Å²) in [6, 6.07) is 16.1. The van der Waals surface area contributed by atoms with Gasteiger partial charge >= 0.3 is 6.61 Å². The fraction of sp³-hybridized carbons (Fsp3) is 0.333. The minimum Gasteiger partial charge on any atom is -0.435 e. The summed E-state index contributed by atoms with van der Waals surface area (Å²) in [7, 11) is 0. The van der Waals surface area contributed by atoms with E-state index in [2.05, 4.69) is 16.1 Å². The molecular weight excluding hydrogens is 350 g/mol. The summed E-state index contributed by atoms with van der Waals surface area (Å²) in [5.74, 6) is -0.265. The smallest absolute Gasteiger partial charge is 0.387 e. The summed E-state index contributed by atoms with van der Waals surface area (Å²) in [5.41, 5.74) is 0.938. The number of ether oxygens (including phenoxy) is 1. The van der Waals surface area contributed by atoms with E-state index < -0.39 is 12.0 Å². The summed E-state index contributed by atoms with van der Waals surface area (Å²) < 4.78 is 30.1. The fourth-order valence-corrected chi connectivity index (χ4v) is 3.44. The molecule has 2 aromatic rings. The lowest BCUT2D eigenvalue weighted by Crippen LogP contribution is -2.32. The van der Waals surface area contributed by atoms with Crippen LogP contribution in [0.3, 0.4) is 0 Å². The average molecular weight is 370 g/mol. The Kier molecular flexibility index (Phi) is 5.70. The predicted molar refractivity (Wildman–Crippen MR) is 97.5 cm³/mol. The molecule has 27 heavy (non-hydrogen) atoms. The van der Waals surface area contributed by atoms with Gasteiger partial charge in [0.2, 0.25) is 5.91 Å². The Morgan fingerprint density at radius 2 is 1.89 bits per heavy atom. The molecule has 0 atom stereocenters. The van der Waals surface area contributed by atoms with Crippen LogP contribution in [0.4, 0.5) is 14.5 Å². The normalized spacial score (nSPS) is 15.3. The molecule has 4 nitrogen and oxygen atoms in total. The molecule has 0 aromatic heterocycles. The summed E-state index contributed by atoms with van der Waals surface area (Å²) in [4.78, 5) is 12.6. The van der Waals surface area contributed by atoms with Gasteiger partial charge in [0.05, 0.1) is 6.07 Å². The summed E-state index contributed by atoms with van der Waals surface area (Å²) >= 11 is 0. The minimum absolute atomic E-state index is 0.0720. The van der Waals surface area contributed by atoms with E-state index in [1.807, 2.05) is 30.3 Å². The number of anilines is 1. The molecule has 1 fully saturated rings. The number of nitriles is 1. The maximum absolute atomic E-state index is 12.7. The Morgan fingerprint density at radius 3 is 2.52 bits per heavy atom. The van der Waals surface area contributed by atoms with E-state index in [-0.39, 0.29) is 11.7 Å². The molecule has 0 saturated heterocycles. The molecule has 140 valence electrons. The van der Waals surface area contributed by atoms with Gasteiger partial charge in [-0.2, -0.15) is 14.0 Å². The molecule has 6 heteroatoms. The second-order valence-corrected chi connectivity index (χ2v) is 6.72. The lowest BCUT2D eigenvalue weighted by molar-refractivity contribution is -0.122. The van der Waals surface area contributed by atoms with Gasteiger partial charge in [-0.1, -0.05) is 43.2 Å². The number of carbonyl (C=O) groups is 1. The molecule has 0 spiro atoms. The Labute approximate surface area is 156 Å². The maximum Gasteiger partial charge on any atom is 0.387 e. The molecule has 1 saturated carbocycles. The van der Waals surface area contributed by atoms with Crippen molar-refractivity contribution in [1.29, 1.82) is 5.26 Å². The van der Waals surface area contributed by atoms with Crippen molar-refractivity contribution < 1.29 is 18.3 Å². The van der Waals surface area contributed by atoms with Crippen molar-refractivity contribution in [1.82, 2.24) is 0 Å². The van der Waals surface area contributed by atoms with E-state index in [9.17, 15) is 18.8 Å². The van der Waals surface area contributed by atoms with Gasteiger partial charge < -0.3 is 10.1 Å². The molecular formula is C21H20F2N2O2. The third-order valence-electron chi connectivity index (χ3n) is 4.88. The van der Waals surface area contributed by atoms with Crippen molar-refractivity contribution in [3.63, 3.8) is 0 Å². The van der Waals surface area contributed by atoms with E-state index in [0.717, 1.165) is 18.4 Å². The Bertz CT molecular complexity index is 841. The van der Waals surface area contributed by atoms with Gasteiger partial charge in [0, 0.05) is 17.7 Å². The highest BCUT2D eigenvalue weighted by Crippen LogP contribution is 2.38. The van der Waals surface area contributed by atoms with Crippen LogP contribution >= 0.6 is 0 Å². The second kappa shape index (κ2) is 8.17. The zero-order valence-electron chi connectivity index (χ0n) is 14.8. The van der Waals surface area contributed by atoms with Crippen molar-refractivity contribution in [2.75, 3.05) is 5.32 Å². The quantitative estimate of drug-likeness (QED) is 0.787. The molecule has 1 N–H and O–H groups in total. The highest BCUT2D eigenvalue weighted by Gasteiger charge is 2.41. The van der Waals surface area contributed by atoms with Gasteiger partial charge in [-0.15, -0.1) is 0 Å². The first-order chi connectivity index (χ1) is 13.0. The summed E-state index contributed by atoms with van der Waals surface area (Å²) in [6.45, 7) is -2.93. The number of hydrogen-bond acceptors (Lipinski definition) is 3.